The van der Waals surface area contributed by atoms with Crippen molar-refractivity contribution in [1.29, 1.82) is 0 Å². The number of hydrogen-bond donors (Lipinski definition) is 0. The first-order valence-corrected chi connectivity index (χ1v) is 8.77. The summed E-state index contributed by atoms with van der Waals surface area (Å²) in [4.78, 5) is 30.7. The molecule has 0 saturated carbocycles. The zero-order chi connectivity index (χ0) is 16.7. The normalized spacial score (nSPS) is 25.0. The van der Waals surface area contributed by atoms with Crippen LogP contribution in [0.25, 0.3) is 0 Å². The van der Waals surface area contributed by atoms with E-state index in [4.69, 9.17) is 4.52 Å². The van der Waals surface area contributed by atoms with E-state index in [0.717, 1.165) is 12.1 Å². The third-order valence-corrected chi connectivity index (χ3v) is 5.69. The van der Waals surface area contributed by atoms with Crippen LogP contribution < -0.4 is 4.90 Å². The van der Waals surface area contributed by atoms with Gasteiger partial charge in [-0.2, -0.15) is 11.3 Å². The number of likely N-dealkylation sites (N-methyl/N-ethyl adjacent to an activating group) is 1. The zero-order valence-corrected chi connectivity index (χ0v) is 14.2. The van der Waals surface area contributed by atoms with E-state index in [-0.39, 0.29) is 23.1 Å². The minimum Gasteiger partial charge on any atom is -0.351 e. The standard InChI is InChI=1S/C16H18N4O3S/c1-18-8-14(21)20(12-3-7-24-9-12)11-16(18)4-6-19(10-16)15(22)13-2-5-17-23-13/h2-3,5,7,9H,4,6,8,10-11H2,1H3. The predicted molar refractivity (Wildman–Crippen MR) is 89.1 cm³/mol. The lowest BCUT2D eigenvalue weighted by Gasteiger charge is -2.46. The fourth-order valence-corrected chi connectivity index (χ4v) is 4.20. The minimum absolute atomic E-state index is 0.0986. The highest BCUT2D eigenvalue weighted by atomic mass is 32.1. The molecule has 2 amide bonds. The first-order chi connectivity index (χ1) is 11.6. The van der Waals surface area contributed by atoms with Crippen molar-refractivity contribution in [3.63, 3.8) is 0 Å². The van der Waals surface area contributed by atoms with Gasteiger partial charge in [0.2, 0.25) is 11.7 Å². The summed E-state index contributed by atoms with van der Waals surface area (Å²) in [7, 11) is 1.96. The van der Waals surface area contributed by atoms with Crippen molar-refractivity contribution in [2.24, 2.45) is 0 Å². The summed E-state index contributed by atoms with van der Waals surface area (Å²) in [5, 5.41) is 7.57. The van der Waals surface area contributed by atoms with Gasteiger partial charge in [-0.1, -0.05) is 5.16 Å². The average Bonchev–Trinajstić information content (AvgIpc) is 3.32. The van der Waals surface area contributed by atoms with E-state index in [2.05, 4.69) is 10.1 Å². The van der Waals surface area contributed by atoms with Crippen molar-refractivity contribution in [2.75, 3.05) is 38.1 Å². The number of anilines is 1. The van der Waals surface area contributed by atoms with E-state index >= 15 is 0 Å². The Bertz CT molecular complexity index is 745. The lowest BCUT2D eigenvalue weighted by Crippen LogP contribution is -2.64. The molecule has 0 aliphatic carbocycles. The van der Waals surface area contributed by atoms with Gasteiger partial charge in [0.15, 0.2) is 0 Å². The molecule has 8 heteroatoms. The topological polar surface area (TPSA) is 69.9 Å². The van der Waals surface area contributed by atoms with E-state index in [1.165, 1.54) is 6.20 Å². The molecule has 2 saturated heterocycles. The number of carbonyl (C=O) groups is 2. The number of likely N-dealkylation sites (tertiary alicyclic amines) is 1. The van der Waals surface area contributed by atoms with Crippen molar-refractivity contribution in [3.05, 3.63) is 34.8 Å². The number of carbonyl (C=O) groups excluding carboxylic acids is 2. The van der Waals surface area contributed by atoms with Crippen molar-refractivity contribution in [2.45, 2.75) is 12.0 Å². The molecule has 24 heavy (non-hydrogen) atoms. The molecule has 2 aliphatic heterocycles. The molecule has 4 rings (SSSR count). The Labute approximate surface area is 143 Å². The molecule has 2 aromatic heterocycles. The summed E-state index contributed by atoms with van der Waals surface area (Å²) in [6.45, 7) is 2.19. The summed E-state index contributed by atoms with van der Waals surface area (Å²) in [5.74, 6) is 0.217. The number of hydrogen-bond acceptors (Lipinski definition) is 6. The SMILES string of the molecule is CN1CC(=O)N(c2ccsc2)CC12CCN(C(=O)c1ccno1)C2. The number of rotatable bonds is 2. The molecular weight excluding hydrogens is 328 g/mol. The van der Waals surface area contributed by atoms with Crippen LogP contribution in [0.4, 0.5) is 5.69 Å². The van der Waals surface area contributed by atoms with Crippen molar-refractivity contribution < 1.29 is 14.1 Å². The number of amides is 2. The molecular formula is C16H18N4O3S. The van der Waals surface area contributed by atoms with E-state index in [1.54, 1.807) is 22.3 Å². The van der Waals surface area contributed by atoms with Gasteiger partial charge >= 0.3 is 0 Å². The van der Waals surface area contributed by atoms with Gasteiger partial charge < -0.3 is 14.3 Å². The van der Waals surface area contributed by atoms with Crippen LogP contribution in [0.2, 0.25) is 0 Å². The maximum Gasteiger partial charge on any atom is 0.292 e. The number of piperazine rings is 1. The number of thiophene rings is 1. The van der Waals surface area contributed by atoms with Gasteiger partial charge in [-0.15, -0.1) is 0 Å². The Morgan fingerprint density at radius 2 is 2.25 bits per heavy atom. The molecule has 2 aromatic rings. The molecule has 1 unspecified atom stereocenters. The Hall–Kier alpha value is -2.19. The molecule has 4 heterocycles. The van der Waals surface area contributed by atoms with Crippen molar-refractivity contribution in [1.82, 2.24) is 15.0 Å². The highest BCUT2D eigenvalue weighted by Gasteiger charge is 2.49. The summed E-state index contributed by atoms with van der Waals surface area (Å²) in [6.07, 6.45) is 2.31. The molecule has 0 aromatic carbocycles. The first kappa shape index (κ1) is 15.3. The minimum atomic E-state index is -0.217. The molecule has 0 N–H and O–H groups in total. The van der Waals surface area contributed by atoms with Crippen LogP contribution in [0.5, 0.6) is 0 Å². The number of aromatic nitrogens is 1. The van der Waals surface area contributed by atoms with Gasteiger partial charge in [0, 0.05) is 31.1 Å². The summed E-state index contributed by atoms with van der Waals surface area (Å²) < 4.78 is 4.99. The summed E-state index contributed by atoms with van der Waals surface area (Å²) >= 11 is 1.58. The van der Waals surface area contributed by atoms with E-state index in [1.807, 2.05) is 28.8 Å². The van der Waals surface area contributed by atoms with Crippen LogP contribution in [0, 0.1) is 0 Å². The third kappa shape index (κ3) is 2.42. The van der Waals surface area contributed by atoms with Crippen LogP contribution >= 0.6 is 11.3 Å². The van der Waals surface area contributed by atoms with Gasteiger partial charge in [-0.25, -0.2) is 0 Å². The Kier molecular flexibility index (Phi) is 3.65. The predicted octanol–water partition coefficient (Wildman–Crippen LogP) is 1.30. The largest absolute Gasteiger partial charge is 0.351 e. The molecule has 2 fully saturated rings. The van der Waals surface area contributed by atoms with Crippen LogP contribution in [0.1, 0.15) is 17.0 Å². The smallest absolute Gasteiger partial charge is 0.292 e. The highest BCUT2D eigenvalue weighted by Crippen LogP contribution is 2.34. The van der Waals surface area contributed by atoms with Crippen molar-refractivity contribution in [3.8, 4) is 0 Å². The van der Waals surface area contributed by atoms with Crippen LogP contribution in [-0.2, 0) is 4.79 Å². The van der Waals surface area contributed by atoms with Gasteiger partial charge in [0.05, 0.1) is 24.0 Å². The summed E-state index contributed by atoms with van der Waals surface area (Å²) in [5.41, 5.74) is 0.725. The lowest BCUT2D eigenvalue weighted by atomic mass is 9.93. The molecule has 1 atom stereocenters. The second-order valence-electron chi connectivity index (χ2n) is 6.40. The Morgan fingerprint density at radius 3 is 2.96 bits per heavy atom. The zero-order valence-electron chi connectivity index (χ0n) is 13.3. The van der Waals surface area contributed by atoms with E-state index in [0.29, 0.717) is 26.2 Å². The van der Waals surface area contributed by atoms with Crippen LogP contribution in [0.15, 0.2) is 33.6 Å². The van der Waals surface area contributed by atoms with E-state index < -0.39 is 0 Å². The van der Waals surface area contributed by atoms with E-state index in [9.17, 15) is 9.59 Å². The average molecular weight is 346 g/mol. The number of nitrogens with zero attached hydrogens (tertiary/aromatic N) is 4. The highest BCUT2D eigenvalue weighted by molar-refractivity contribution is 7.08. The van der Waals surface area contributed by atoms with Crippen LogP contribution in [0.3, 0.4) is 0 Å². The molecule has 2 aliphatic rings. The molecule has 1 spiro atoms. The fourth-order valence-electron chi connectivity index (χ4n) is 3.56. The van der Waals surface area contributed by atoms with Gasteiger partial charge in [0.25, 0.3) is 5.91 Å². The summed E-state index contributed by atoms with van der Waals surface area (Å²) in [6, 6.07) is 3.55. The second kappa shape index (κ2) is 5.71. The fraction of sp³-hybridized carbons (Fsp3) is 0.438. The Balaban J connectivity index is 1.56. The maximum atomic E-state index is 12.5. The lowest BCUT2D eigenvalue weighted by molar-refractivity contribution is -0.123. The molecule has 0 radical (unpaired) electrons. The Morgan fingerprint density at radius 1 is 1.38 bits per heavy atom. The molecule has 7 nitrogen and oxygen atoms in total. The third-order valence-electron chi connectivity index (χ3n) is 5.02. The first-order valence-electron chi connectivity index (χ1n) is 7.83. The quantitative estimate of drug-likeness (QED) is 0.820. The van der Waals surface area contributed by atoms with Crippen molar-refractivity contribution >= 4 is 28.8 Å². The van der Waals surface area contributed by atoms with Gasteiger partial charge in [-0.3, -0.25) is 14.5 Å². The second-order valence-corrected chi connectivity index (χ2v) is 7.18. The maximum absolute atomic E-state index is 12.5. The van der Waals surface area contributed by atoms with Gasteiger partial charge in [0.1, 0.15) is 0 Å². The monoisotopic (exact) mass is 346 g/mol. The molecule has 0 bridgehead atoms. The van der Waals surface area contributed by atoms with Gasteiger partial charge in [-0.05, 0) is 24.9 Å². The molecule has 126 valence electrons. The van der Waals surface area contributed by atoms with Crippen LogP contribution in [-0.4, -0.2) is 65.5 Å².